The van der Waals surface area contributed by atoms with E-state index in [2.05, 4.69) is 15.1 Å². The number of hydrogen-bond acceptors (Lipinski definition) is 5. The van der Waals surface area contributed by atoms with Gasteiger partial charge in [-0.15, -0.1) is 0 Å². The molecule has 0 spiro atoms. The van der Waals surface area contributed by atoms with Crippen molar-refractivity contribution in [3.63, 3.8) is 0 Å². The van der Waals surface area contributed by atoms with Crippen molar-refractivity contribution in [1.82, 2.24) is 29.4 Å². The first-order valence-electron chi connectivity index (χ1n) is 9.29. The van der Waals surface area contributed by atoms with E-state index in [1.54, 1.807) is 43.4 Å². The second-order valence-corrected chi connectivity index (χ2v) is 7.15. The summed E-state index contributed by atoms with van der Waals surface area (Å²) in [6.45, 7) is 0.707. The number of fused-ring (bicyclic) bond motifs is 1. The third-order valence-electron chi connectivity index (χ3n) is 5.06. The summed E-state index contributed by atoms with van der Waals surface area (Å²) in [6.07, 6.45) is 8.76. The molecule has 0 bridgehead atoms. The molecule has 0 N–H and O–H groups in total. The molecule has 1 saturated heterocycles. The quantitative estimate of drug-likeness (QED) is 0.690. The Morgan fingerprint density at radius 2 is 2.07 bits per heavy atom. The summed E-state index contributed by atoms with van der Waals surface area (Å²) in [5.41, 5.74) is 2.75. The molecule has 0 aliphatic carbocycles. The molecule has 3 aromatic rings. The molecule has 1 aliphatic heterocycles. The summed E-state index contributed by atoms with van der Waals surface area (Å²) in [6, 6.07) is 5.54. The van der Waals surface area contributed by atoms with Gasteiger partial charge in [-0.1, -0.05) is 6.07 Å². The minimum Gasteiger partial charge on any atom is -0.345 e. The van der Waals surface area contributed by atoms with E-state index in [1.165, 1.54) is 4.90 Å². The topological polar surface area (TPSA) is 83.7 Å². The second-order valence-electron chi connectivity index (χ2n) is 7.15. The molecule has 4 rings (SSSR count). The molecule has 2 amide bonds. The molecule has 144 valence electrons. The van der Waals surface area contributed by atoms with Gasteiger partial charge < -0.3 is 9.80 Å². The van der Waals surface area contributed by atoms with Crippen LogP contribution in [0.1, 0.15) is 40.5 Å². The Kier molecular flexibility index (Phi) is 4.77. The molecule has 4 heterocycles. The van der Waals surface area contributed by atoms with Gasteiger partial charge in [0.05, 0.1) is 24.4 Å². The minimum absolute atomic E-state index is 0.0669. The third-order valence-corrected chi connectivity index (χ3v) is 5.06. The Balaban J connectivity index is 1.65. The molecular weight excluding hydrogens is 356 g/mol. The fourth-order valence-corrected chi connectivity index (χ4v) is 3.71. The number of rotatable bonds is 4. The molecule has 0 radical (unpaired) electrons. The highest BCUT2D eigenvalue weighted by atomic mass is 16.2. The van der Waals surface area contributed by atoms with Crippen LogP contribution < -0.4 is 0 Å². The fraction of sp³-hybridized carbons (Fsp3) is 0.350. The van der Waals surface area contributed by atoms with Crippen molar-refractivity contribution in [2.75, 3.05) is 20.6 Å². The number of amides is 2. The Labute approximate surface area is 162 Å². The van der Waals surface area contributed by atoms with Crippen molar-refractivity contribution in [3.8, 4) is 0 Å². The summed E-state index contributed by atoms with van der Waals surface area (Å²) in [5, 5.41) is 4.40. The van der Waals surface area contributed by atoms with Crippen molar-refractivity contribution >= 4 is 17.5 Å². The van der Waals surface area contributed by atoms with E-state index in [9.17, 15) is 9.59 Å². The van der Waals surface area contributed by atoms with E-state index in [1.807, 2.05) is 23.1 Å². The molecule has 28 heavy (non-hydrogen) atoms. The lowest BCUT2D eigenvalue weighted by molar-refractivity contribution is -0.131. The SMILES string of the molecule is CN(C)C(=O)c1cnn2c([C@@H]3CCCN3C(=O)Cc3cccnc3)ccnc12. The summed E-state index contributed by atoms with van der Waals surface area (Å²) in [7, 11) is 3.40. The van der Waals surface area contributed by atoms with Gasteiger partial charge in [0.15, 0.2) is 5.65 Å². The van der Waals surface area contributed by atoms with Gasteiger partial charge >= 0.3 is 0 Å². The molecule has 0 unspecified atom stereocenters. The van der Waals surface area contributed by atoms with Crippen molar-refractivity contribution in [1.29, 1.82) is 0 Å². The lowest BCUT2D eigenvalue weighted by Crippen LogP contribution is -2.32. The third kappa shape index (κ3) is 3.21. The van der Waals surface area contributed by atoms with Crippen LogP contribution in [0.2, 0.25) is 0 Å². The van der Waals surface area contributed by atoms with Gasteiger partial charge in [-0.05, 0) is 30.5 Å². The number of aromatic nitrogens is 4. The largest absolute Gasteiger partial charge is 0.345 e. The van der Waals surface area contributed by atoms with Gasteiger partial charge in [-0.3, -0.25) is 14.6 Å². The molecule has 8 nitrogen and oxygen atoms in total. The average Bonchev–Trinajstić information content (AvgIpc) is 3.35. The summed E-state index contributed by atoms with van der Waals surface area (Å²) >= 11 is 0. The maximum Gasteiger partial charge on any atom is 0.258 e. The standard InChI is InChI=1S/C20H22N6O2/c1-24(2)20(28)15-13-23-26-17(7-9-22-19(15)26)16-6-4-10-25(16)18(27)11-14-5-3-8-21-12-14/h3,5,7-9,12-13,16H,4,6,10-11H2,1-2H3/t16-/m0/s1. The van der Waals surface area contributed by atoms with E-state index in [-0.39, 0.29) is 17.9 Å². The molecule has 0 aromatic carbocycles. The maximum atomic E-state index is 12.9. The van der Waals surface area contributed by atoms with Gasteiger partial charge in [0.25, 0.3) is 5.91 Å². The van der Waals surface area contributed by atoms with Crippen LogP contribution in [0.3, 0.4) is 0 Å². The van der Waals surface area contributed by atoms with Crippen LogP contribution in [0.25, 0.3) is 5.65 Å². The minimum atomic E-state index is -0.143. The van der Waals surface area contributed by atoms with Crippen molar-refractivity contribution in [2.45, 2.75) is 25.3 Å². The zero-order valence-electron chi connectivity index (χ0n) is 15.9. The number of hydrogen-bond donors (Lipinski definition) is 0. The van der Waals surface area contributed by atoms with E-state index in [0.29, 0.717) is 24.2 Å². The predicted molar refractivity (Wildman–Crippen MR) is 103 cm³/mol. The van der Waals surface area contributed by atoms with Crippen LogP contribution in [0, 0.1) is 0 Å². The lowest BCUT2D eigenvalue weighted by Gasteiger charge is -2.25. The van der Waals surface area contributed by atoms with Gasteiger partial charge in [0.2, 0.25) is 5.91 Å². The van der Waals surface area contributed by atoms with Crippen LogP contribution in [0.5, 0.6) is 0 Å². The maximum absolute atomic E-state index is 12.9. The number of carbonyl (C=O) groups is 2. The Hall–Kier alpha value is -3.29. The zero-order chi connectivity index (χ0) is 19.7. The Morgan fingerprint density at radius 3 is 2.82 bits per heavy atom. The molecule has 1 fully saturated rings. The van der Waals surface area contributed by atoms with E-state index < -0.39 is 0 Å². The smallest absolute Gasteiger partial charge is 0.258 e. The molecule has 8 heteroatoms. The number of carbonyl (C=O) groups excluding carboxylic acids is 2. The van der Waals surface area contributed by atoms with Gasteiger partial charge in [-0.25, -0.2) is 9.50 Å². The van der Waals surface area contributed by atoms with Crippen LogP contribution >= 0.6 is 0 Å². The summed E-state index contributed by atoms with van der Waals surface area (Å²) in [5.74, 6) is -0.0761. The predicted octanol–water partition coefficient (Wildman–Crippen LogP) is 1.73. The number of pyridine rings is 1. The van der Waals surface area contributed by atoms with Gasteiger partial charge in [-0.2, -0.15) is 5.10 Å². The first-order valence-corrected chi connectivity index (χ1v) is 9.29. The van der Waals surface area contributed by atoms with Crippen molar-refractivity contribution < 1.29 is 9.59 Å². The van der Waals surface area contributed by atoms with Gasteiger partial charge in [0.1, 0.15) is 5.56 Å². The van der Waals surface area contributed by atoms with Crippen LogP contribution in [-0.4, -0.2) is 61.8 Å². The number of nitrogens with zero attached hydrogens (tertiary/aromatic N) is 6. The van der Waals surface area contributed by atoms with Gasteiger partial charge in [0, 0.05) is 39.2 Å². The zero-order valence-corrected chi connectivity index (χ0v) is 15.9. The first-order chi connectivity index (χ1) is 13.6. The van der Waals surface area contributed by atoms with E-state index >= 15 is 0 Å². The second kappa shape index (κ2) is 7.38. The lowest BCUT2D eigenvalue weighted by atomic mass is 10.1. The molecule has 1 atom stereocenters. The fourth-order valence-electron chi connectivity index (χ4n) is 3.71. The van der Waals surface area contributed by atoms with E-state index in [0.717, 1.165) is 24.1 Å². The van der Waals surface area contributed by atoms with Crippen molar-refractivity contribution in [2.24, 2.45) is 0 Å². The van der Waals surface area contributed by atoms with Crippen LogP contribution in [0.4, 0.5) is 0 Å². The normalized spacial score (nSPS) is 16.5. The highest BCUT2D eigenvalue weighted by Gasteiger charge is 2.32. The average molecular weight is 378 g/mol. The Morgan fingerprint density at radius 1 is 1.21 bits per heavy atom. The number of likely N-dealkylation sites (tertiary alicyclic amines) is 1. The van der Waals surface area contributed by atoms with Crippen LogP contribution in [0.15, 0.2) is 43.0 Å². The highest BCUT2D eigenvalue weighted by molar-refractivity contribution is 5.99. The van der Waals surface area contributed by atoms with Crippen LogP contribution in [-0.2, 0) is 11.2 Å². The monoisotopic (exact) mass is 378 g/mol. The first kappa shape index (κ1) is 18.1. The molecule has 1 aliphatic rings. The molecule has 3 aromatic heterocycles. The highest BCUT2D eigenvalue weighted by Crippen LogP contribution is 2.32. The van der Waals surface area contributed by atoms with Crippen molar-refractivity contribution in [3.05, 3.63) is 59.8 Å². The molecule has 0 saturated carbocycles. The molecular formula is C20H22N6O2. The van der Waals surface area contributed by atoms with E-state index in [4.69, 9.17) is 0 Å². The Bertz CT molecular complexity index is 1010. The summed E-state index contributed by atoms with van der Waals surface area (Å²) < 4.78 is 1.69. The summed E-state index contributed by atoms with van der Waals surface area (Å²) in [4.78, 5) is 37.2.